The van der Waals surface area contributed by atoms with Crippen LogP contribution in [0.4, 0.5) is 13.2 Å². The van der Waals surface area contributed by atoms with E-state index in [-0.39, 0.29) is 0 Å². The standard InChI is InChI=1S/C21H17F3/c22-19-11-18(12-20(23)21(19)24)17-8-7-15-9-14(5-6-16(15)10-17)13-3-1-2-4-13/h5-13H,1-4H2. The fraction of sp³-hybridized carbons (Fsp3) is 0.238. The largest absolute Gasteiger partial charge is 0.204 e. The molecule has 122 valence electrons. The predicted molar refractivity (Wildman–Crippen MR) is 90.5 cm³/mol. The van der Waals surface area contributed by atoms with E-state index in [1.54, 1.807) is 0 Å². The monoisotopic (exact) mass is 326 g/mol. The highest BCUT2D eigenvalue weighted by Crippen LogP contribution is 2.36. The first kappa shape index (κ1) is 15.3. The molecule has 0 radical (unpaired) electrons. The van der Waals surface area contributed by atoms with Crippen molar-refractivity contribution in [2.45, 2.75) is 31.6 Å². The second-order valence-corrected chi connectivity index (χ2v) is 6.56. The van der Waals surface area contributed by atoms with E-state index >= 15 is 0 Å². The molecule has 0 unspecified atom stereocenters. The summed E-state index contributed by atoms with van der Waals surface area (Å²) in [7, 11) is 0. The quantitative estimate of drug-likeness (QED) is 0.466. The van der Waals surface area contributed by atoms with Crippen LogP contribution >= 0.6 is 0 Å². The minimum Gasteiger partial charge on any atom is -0.204 e. The summed E-state index contributed by atoms with van der Waals surface area (Å²) in [5.41, 5.74) is 2.38. The Labute approximate surface area is 138 Å². The summed E-state index contributed by atoms with van der Waals surface area (Å²) in [6, 6.07) is 14.2. The highest BCUT2D eigenvalue weighted by Gasteiger charge is 2.17. The zero-order valence-corrected chi connectivity index (χ0v) is 13.2. The molecule has 0 aromatic heterocycles. The van der Waals surface area contributed by atoms with Gasteiger partial charge < -0.3 is 0 Å². The molecule has 1 fully saturated rings. The molecule has 0 N–H and O–H groups in total. The molecule has 0 atom stereocenters. The zero-order valence-electron chi connectivity index (χ0n) is 13.2. The third kappa shape index (κ3) is 2.68. The van der Waals surface area contributed by atoms with Gasteiger partial charge in [0.05, 0.1) is 0 Å². The Morgan fingerprint density at radius 3 is 2.00 bits per heavy atom. The van der Waals surface area contributed by atoms with Crippen LogP contribution in [0.1, 0.15) is 37.2 Å². The Hall–Kier alpha value is -2.29. The van der Waals surface area contributed by atoms with E-state index in [1.165, 1.54) is 31.2 Å². The molecular weight excluding hydrogens is 309 g/mol. The summed E-state index contributed by atoms with van der Waals surface area (Å²) in [6.45, 7) is 0. The van der Waals surface area contributed by atoms with Crippen molar-refractivity contribution in [1.82, 2.24) is 0 Å². The van der Waals surface area contributed by atoms with Gasteiger partial charge in [-0.25, -0.2) is 13.2 Å². The maximum atomic E-state index is 13.5. The van der Waals surface area contributed by atoms with E-state index in [4.69, 9.17) is 0 Å². The molecule has 1 saturated carbocycles. The highest BCUT2D eigenvalue weighted by atomic mass is 19.2. The normalized spacial score (nSPS) is 15.3. The van der Waals surface area contributed by atoms with E-state index in [1.807, 2.05) is 18.2 Å². The smallest absolute Gasteiger partial charge is 0.194 e. The Balaban J connectivity index is 1.74. The molecule has 0 amide bonds. The molecule has 0 heterocycles. The van der Waals surface area contributed by atoms with E-state index < -0.39 is 17.5 Å². The summed E-state index contributed by atoms with van der Waals surface area (Å²) in [5.74, 6) is -3.11. The van der Waals surface area contributed by atoms with Crippen LogP contribution in [0, 0.1) is 17.5 Å². The second kappa shape index (κ2) is 5.97. The van der Waals surface area contributed by atoms with Crippen molar-refractivity contribution in [3.63, 3.8) is 0 Å². The average molecular weight is 326 g/mol. The van der Waals surface area contributed by atoms with Crippen LogP contribution in [0.15, 0.2) is 48.5 Å². The van der Waals surface area contributed by atoms with Crippen LogP contribution in [0.3, 0.4) is 0 Å². The van der Waals surface area contributed by atoms with Crippen LogP contribution in [0.2, 0.25) is 0 Å². The third-order valence-electron chi connectivity index (χ3n) is 5.01. The van der Waals surface area contributed by atoms with Gasteiger partial charge in [0.25, 0.3) is 0 Å². The highest BCUT2D eigenvalue weighted by molar-refractivity contribution is 5.88. The van der Waals surface area contributed by atoms with Crippen molar-refractivity contribution < 1.29 is 13.2 Å². The number of halogens is 3. The van der Waals surface area contributed by atoms with Crippen LogP contribution in [0.5, 0.6) is 0 Å². The molecule has 3 aromatic carbocycles. The molecule has 3 heteroatoms. The summed E-state index contributed by atoms with van der Waals surface area (Å²) in [4.78, 5) is 0. The zero-order chi connectivity index (χ0) is 16.7. The summed E-state index contributed by atoms with van der Waals surface area (Å²) < 4.78 is 40.0. The number of fused-ring (bicyclic) bond motifs is 1. The van der Waals surface area contributed by atoms with Crippen molar-refractivity contribution >= 4 is 10.8 Å². The Kier molecular flexibility index (Phi) is 3.79. The average Bonchev–Trinajstić information content (AvgIpc) is 3.13. The van der Waals surface area contributed by atoms with Crippen LogP contribution < -0.4 is 0 Å². The van der Waals surface area contributed by atoms with Gasteiger partial charge in [-0.15, -0.1) is 0 Å². The van der Waals surface area contributed by atoms with Crippen LogP contribution in [-0.4, -0.2) is 0 Å². The number of hydrogen-bond donors (Lipinski definition) is 0. The first-order valence-electron chi connectivity index (χ1n) is 8.30. The molecule has 3 aromatic rings. The van der Waals surface area contributed by atoms with Crippen molar-refractivity contribution in [2.24, 2.45) is 0 Å². The maximum absolute atomic E-state index is 13.5. The summed E-state index contributed by atoms with van der Waals surface area (Å²) in [5, 5.41) is 2.13. The summed E-state index contributed by atoms with van der Waals surface area (Å²) in [6.07, 6.45) is 5.09. The number of hydrogen-bond acceptors (Lipinski definition) is 0. The van der Waals surface area contributed by atoms with Crippen molar-refractivity contribution in [3.8, 4) is 11.1 Å². The molecule has 1 aliphatic rings. The lowest BCUT2D eigenvalue weighted by molar-refractivity contribution is 0.448. The first-order valence-corrected chi connectivity index (χ1v) is 8.30. The van der Waals surface area contributed by atoms with Gasteiger partial charge in [0, 0.05) is 0 Å². The van der Waals surface area contributed by atoms with Crippen LogP contribution in [0.25, 0.3) is 21.9 Å². The van der Waals surface area contributed by atoms with Gasteiger partial charge >= 0.3 is 0 Å². The lowest BCUT2D eigenvalue weighted by atomic mass is 9.94. The maximum Gasteiger partial charge on any atom is 0.194 e. The Morgan fingerprint density at radius 1 is 0.667 bits per heavy atom. The lowest BCUT2D eigenvalue weighted by Crippen LogP contribution is -1.93. The van der Waals surface area contributed by atoms with Crippen molar-refractivity contribution in [1.29, 1.82) is 0 Å². The van der Waals surface area contributed by atoms with Gasteiger partial charge in [0.2, 0.25) is 0 Å². The minimum absolute atomic E-state index is 0.341. The lowest BCUT2D eigenvalue weighted by Gasteiger charge is -2.11. The molecule has 0 spiro atoms. The number of rotatable bonds is 2. The third-order valence-corrected chi connectivity index (χ3v) is 5.01. The molecule has 0 bridgehead atoms. The predicted octanol–water partition coefficient (Wildman–Crippen LogP) is 6.58. The van der Waals surface area contributed by atoms with Crippen molar-refractivity contribution in [2.75, 3.05) is 0 Å². The van der Waals surface area contributed by atoms with E-state index in [0.29, 0.717) is 17.0 Å². The Bertz CT molecular complexity index is 885. The SMILES string of the molecule is Fc1cc(-c2ccc3cc(C4CCCC4)ccc3c2)cc(F)c1F. The van der Waals surface area contributed by atoms with E-state index in [2.05, 4.69) is 18.2 Å². The molecule has 0 saturated heterocycles. The molecular formula is C21H17F3. The van der Waals surface area contributed by atoms with E-state index in [0.717, 1.165) is 22.9 Å². The number of benzene rings is 3. The van der Waals surface area contributed by atoms with Gasteiger partial charge in [-0.1, -0.05) is 43.2 Å². The first-order chi connectivity index (χ1) is 11.6. The second-order valence-electron chi connectivity index (χ2n) is 6.56. The van der Waals surface area contributed by atoms with E-state index in [9.17, 15) is 13.2 Å². The molecule has 0 aliphatic heterocycles. The fourth-order valence-electron chi connectivity index (χ4n) is 3.68. The van der Waals surface area contributed by atoms with Gasteiger partial charge in [-0.2, -0.15) is 0 Å². The Morgan fingerprint density at radius 2 is 1.29 bits per heavy atom. The molecule has 1 aliphatic carbocycles. The topological polar surface area (TPSA) is 0 Å². The van der Waals surface area contributed by atoms with Crippen LogP contribution in [-0.2, 0) is 0 Å². The molecule has 0 nitrogen and oxygen atoms in total. The van der Waals surface area contributed by atoms with Gasteiger partial charge in [-0.05, 0) is 64.4 Å². The molecule has 4 rings (SSSR count). The van der Waals surface area contributed by atoms with Crippen molar-refractivity contribution in [3.05, 3.63) is 71.5 Å². The fourth-order valence-corrected chi connectivity index (χ4v) is 3.68. The van der Waals surface area contributed by atoms with Gasteiger partial charge in [0.1, 0.15) is 0 Å². The summed E-state index contributed by atoms with van der Waals surface area (Å²) >= 11 is 0. The minimum atomic E-state index is -1.43. The van der Waals surface area contributed by atoms with Gasteiger partial charge in [-0.3, -0.25) is 0 Å². The molecule has 24 heavy (non-hydrogen) atoms. The van der Waals surface area contributed by atoms with Gasteiger partial charge in [0.15, 0.2) is 17.5 Å².